The van der Waals surface area contributed by atoms with Crippen LogP contribution < -0.4 is 19.8 Å². The van der Waals surface area contributed by atoms with Crippen LogP contribution in [0.5, 0.6) is 17.2 Å². The second-order valence-corrected chi connectivity index (χ2v) is 14.9. The normalized spacial score (nSPS) is 25.8. The molecular formula is C40H31Cl2F3N4O7. The molecule has 3 heterocycles. The third-order valence-corrected chi connectivity index (χ3v) is 11.9. The Balaban J connectivity index is 1.35. The van der Waals surface area contributed by atoms with Crippen LogP contribution in [-0.4, -0.2) is 52.9 Å². The predicted molar refractivity (Wildman–Crippen MR) is 197 cm³/mol. The second-order valence-electron chi connectivity index (χ2n) is 14.0. The number of para-hydroxylation sites is 1. The zero-order valence-corrected chi connectivity index (χ0v) is 31.0. The summed E-state index contributed by atoms with van der Waals surface area (Å²) in [6, 6.07) is 18.2. The fraction of sp³-hybridized carbons (Fsp3) is 0.275. The molecule has 0 radical (unpaired) electrons. The van der Waals surface area contributed by atoms with E-state index in [1.54, 1.807) is 60.7 Å². The fourth-order valence-electron chi connectivity index (χ4n) is 9.09. The van der Waals surface area contributed by atoms with Crippen LogP contribution in [0, 0.1) is 23.7 Å². The van der Waals surface area contributed by atoms with Crippen molar-refractivity contribution in [1.82, 2.24) is 9.99 Å². The topological polar surface area (TPSA) is 138 Å². The van der Waals surface area contributed by atoms with E-state index in [-0.39, 0.29) is 35.7 Å². The molecule has 11 nitrogen and oxygen atoms in total. The number of allylic oxidation sites excluding steroid dienone is 2. The van der Waals surface area contributed by atoms with E-state index in [1.165, 1.54) is 26.4 Å². The van der Waals surface area contributed by atoms with E-state index in [0.29, 0.717) is 39.1 Å². The quantitative estimate of drug-likeness (QED) is 0.145. The molecule has 0 bridgehead atoms. The molecule has 3 aromatic carbocycles. The lowest BCUT2D eigenvalue weighted by Gasteiger charge is -2.50. The number of nitrogens with zero attached hydrogens (tertiary/aromatic N) is 3. The highest BCUT2D eigenvalue weighted by Gasteiger charge is 2.71. The molecule has 0 unspecified atom stereocenters. The van der Waals surface area contributed by atoms with E-state index in [0.717, 1.165) is 4.90 Å². The molecular weight excluding hydrogens is 776 g/mol. The van der Waals surface area contributed by atoms with Crippen LogP contribution in [-0.2, 0) is 30.8 Å². The van der Waals surface area contributed by atoms with Crippen LogP contribution in [0.25, 0.3) is 0 Å². The van der Waals surface area contributed by atoms with Gasteiger partial charge in [0.1, 0.15) is 17.2 Å². The van der Waals surface area contributed by atoms with Gasteiger partial charge in [0.25, 0.3) is 11.8 Å². The number of phenolic OH excluding ortho intramolecular Hbond substituents is 1. The Labute approximate surface area is 327 Å². The molecule has 8 rings (SSSR count). The first-order valence-electron chi connectivity index (χ1n) is 17.4. The van der Waals surface area contributed by atoms with Crippen molar-refractivity contribution < 1.29 is 46.9 Å². The number of ether oxygens (including phenoxy) is 2. The molecule has 2 aliphatic carbocycles. The van der Waals surface area contributed by atoms with Gasteiger partial charge in [-0.05, 0) is 54.7 Å². The molecule has 16 heteroatoms. The summed E-state index contributed by atoms with van der Waals surface area (Å²) in [7, 11) is 2.75. The number of aromatic nitrogens is 1. The molecule has 1 saturated carbocycles. The Hall–Kier alpha value is -5.60. The summed E-state index contributed by atoms with van der Waals surface area (Å²) in [5, 5.41) is 12.4. The third-order valence-electron chi connectivity index (χ3n) is 11.4. The number of carbonyl (C=O) groups excluding carboxylic acids is 4. The zero-order valence-electron chi connectivity index (χ0n) is 29.5. The fourth-order valence-corrected chi connectivity index (χ4v) is 9.43. The molecule has 2 N–H and O–H groups in total. The van der Waals surface area contributed by atoms with Gasteiger partial charge in [-0.15, -0.1) is 0 Å². The number of imide groups is 2. The minimum absolute atomic E-state index is 0.0986. The van der Waals surface area contributed by atoms with Gasteiger partial charge < -0.3 is 14.6 Å². The monoisotopic (exact) mass is 806 g/mol. The van der Waals surface area contributed by atoms with Gasteiger partial charge in [-0.25, -0.2) is 4.98 Å². The molecule has 3 fully saturated rings. The number of carbonyl (C=O) groups is 4. The number of hydrogen-bond acceptors (Lipinski definition) is 9. The van der Waals surface area contributed by atoms with Crippen LogP contribution >= 0.6 is 23.2 Å². The molecule has 0 spiro atoms. The Morgan fingerprint density at radius 2 is 1.62 bits per heavy atom. The SMILES string of the molecule is COc1cc(O)c([C@H]2C3=CC[C@@H]4C(=O)N(c5ccccc5)C(=O)[C@@H]4[C@@H]3C[C@H]3C(=O)N(Nc4ncc(C(F)(F)F)cc4Cl)C(=O)[C@@]23c2ccc(Cl)cc2)c(OC)c1. The number of nitrogens with one attached hydrogen (secondary N) is 1. The van der Waals surface area contributed by atoms with Gasteiger partial charge in [0.2, 0.25) is 11.8 Å². The summed E-state index contributed by atoms with van der Waals surface area (Å²) in [6.07, 6.45) is -2.45. The number of alkyl halides is 3. The van der Waals surface area contributed by atoms with Gasteiger partial charge in [-0.2, -0.15) is 18.2 Å². The summed E-state index contributed by atoms with van der Waals surface area (Å²) < 4.78 is 51.8. The number of fused-ring (bicyclic) bond motifs is 4. The standard InChI is InChI=1S/C40H31Cl2F3N4O7/c1-55-23-15-29(50)32(30(16-23)56-2)33-24-12-13-25-31(37(53)48(35(25)51)22-6-4-3-5-7-22)26(24)17-27-36(52)49(38(54)39(27,33)19-8-10-21(41)11-9-19)47-34-28(42)14-20(18-46-34)40(43,44)45/h3-12,14-16,18,25-27,31,33,50H,13,17H2,1-2H3,(H,46,47)/t25-,26+,27-,31-,33+,39+/m0/s1. The summed E-state index contributed by atoms with van der Waals surface area (Å²) in [6.45, 7) is 0. The van der Waals surface area contributed by atoms with Gasteiger partial charge >= 0.3 is 6.18 Å². The Kier molecular flexibility index (Phi) is 9.04. The maximum atomic E-state index is 15.4. The van der Waals surface area contributed by atoms with Crippen LogP contribution in [0.4, 0.5) is 24.7 Å². The Morgan fingerprint density at radius 3 is 2.27 bits per heavy atom. The molecule has 4 amide bonds. The van der Waals surface area contributed by atoms with Crippen molar-refractivity contribution in [3.8, 4) is 17.2 Å². The molecule has 4 aliphatic rings. The van der Waals surface area contributed by atoms with E-state index in [2.05, 4.69) is 10.4 Å². The first kappa shape index (κ1) is 37.3. The number of benzene rings is 3. The Morgan fingerprint density at radius 1 is 0.911 bits per heavy atom. The number of pyridine rings is 1. The number of rotatable bonds is 7. The van der Waals surface area contributed by atoms with Crippen molar-refractivity contribution in [3.05, 3.63) is 117 Å². The van der Waals surface area contributed by atoms with E-state index >= 15 is 4.79 Å². The number of anilines is 2. The molecule has 1 aromatic heterocycles. The highest BCUT2D eigenvalue weighted by molar-refractivity contribution is 6.33. The van der Waals surface area contributed by atoms with Crippen molar-refractivity contribution in [1.29, 1.82) is 0 Å². The summed E-state index contributed by atoms with van der Waals surface area (Å²) in [5.41, 5.74) is 0.865. The van der Waals surface area contributed by atoms with Gasteiger partial charge in [-0.1, -0.05) is 65.2 Å². The van der Waals surface area contributed by atoms with E-state index in [4.69, 9.17) is 32.7 Å². The van der Waals surface area contributed by atoms with E-state index in [9.17, 15) is 32.7 Å². The predicted octanol–water partition coefficient (Wildman–Crippen LogP) is 7.32. The second kappa shape index (κ2) is 13.6. The average molecular weight is 808 g/mol. The molecule has 2 saturated heterocycles. The number of methoxy groups -OCH3 is 2. The smallest absolute Gasteiger partial charge is 0.417 e. The number of halogens is 5. The summed E-state index contributed by atoms with van der Waals surface area (Å²) >= 11 is 12.6. The van der Waals surface area contributed by atoms with Crippen molar-refractivity contribution in [2.75, 3.05) is 24.5 Å². The van der Waals surface area contributed by atoms with Crippen LogP contribution in [0.15, 0.2) is 90.6 Å². The highest BCUT2D eigenvalue weighted by atomic mass is 35.5. The maximum Gasteiger partial charge on any atom is 0.417 e. The van der Waals surface area contributed by atoms with E-state index in [1.807, 2.05) is 0 Å². The number of phenols is 1. The molecule has 288 valence electrons. The first-order chi connectivity index (χ1) is 26.7. The van der Waals surface area contributed by atoms with Crippen LogP contribution in [0.3, 0.4) is 0 Å². The van der Waals surface area contributed by atoms with Gasteiger partial charge in [-0.3, -0.25) is 29.5 Å². The van der Waals surface area contributed by atoms with Crippen molar-refractivity contribution in [2.24, 2.45) is 23.7 Å². The number of hydrazine groups is 1. The van der Waals surface area contributed by atoms with Gasteiger partial charge in [0, 0.05) is 34.8 Å². The summed E-state index contributed by atoms with van der Waals surface area (Å²) in [5.74, 6) is -8.01. The minimum atomic E-state index is -4.77. The Bertz CT molecular complexity index is 2340. The van der Waals surface area contributed by atoms with Crippen LogP contribution in [0.2, 0.25) is 10.0 Å². The summed E-state index contributed by atoms with van der Waals surface area (Å²) in [4.78, 5) is 63.8. The lowest BCUT2D eigenvalue weighted by atomic mass is 9.49. The largest absolute Gasteiger partial charge is 0.507 e. The zero-order chi connectivity index (χ0) is 39.8. The van der Waals surface area contributed by atoms with E-state index < -0.39 is 81.2 Å². The van der Waals surface area contributed by atoms with Gasteiger partial charge in [0.15, 0.2) is 5.82 Å². The number of hydrogen-bond donors (Lipinski definition) is 2. The molecule has 4 aromatic rings. The van der Waals surface area contributed by atoms with Crippen molar-refractivity contribution in [3.63, 3.8) is 0 Å². The molecule has 6 atom stereocenters. The maximum absolute atomic E-state index is 15.4. The lowest BCUT2D eigenvalue weighted by molar-refractivity contribution is -0.139. The van der Waals surface area contributed by atoms with Crippen molar-refractivity contribution >= 4 is 58.3 Å². The third kappa shape index (κ3) is 5.52. The number of aromatic hydroxyl groups is 1. The number of amides is 4. The minimum Gasteiger partial charge on any atom is -0.507 e. The highest BCUT2D eigenvalue weighted by Crippen LogP contribution is 2.66. The molecule has 56 heavy (non-hydrogen) atoms. The first-order valence-corrected chi connectivity index (χ1v) is 18.2. The van der Waals surface area contributed by atoms with Crippen molar-refractivity contribution in [2.45, 2.75) is 30.4 Å². The van der Waals surface area contributed by atoms with Crippen LogP contribution in [0.1, 0.15) is 35.4 Å². The molecule has 2 aliphatic heterocycles. The average Bonchev–Trinajstić information content (AvgIpc) is 3.56. The van der Waals surface area contributed by atoms with Gasteiger partial charge in [0.05, 0.1) is 53.7 Å². The lowest BCUT2D eigenvalue weighted by Crippen LogP contribution is -2.53.